The lowest BCUT2D eigenvalue weighted by Crippen LogP contribution is -2.49. The van der Waals surface area contributed by atoms with Crippen molar-refractivity contribution in [3.63, 3.8) is 0 Å². The monoisotopic (exact) mass is 457 g/mol. The van der Waals surface area contributed by atoms with E-state index in [4.69, 9.17) is 9.47 Å². The van der Waals surface area contributed by atoms with Crippen LogP contribution >= 0.6 is 0 Å². The summed E-state index contributed by atoms with van der Waals surface area (Å²) in [5.41, 5.74) is 3.82. The molecule has 0 saturated carbocycles. The summed E-state index contributed by atoms with van der Waals surface area (Å²) in [7, 11) is 1.63. The standard InChI is InChI=1S/C28H31N3O3/c1-33-23-8-6-22(7-9-23)28(32)25-5-3-2-4-24(25)27(26-20-34-26)31-18-16-30(17-19-31)15-12-21-10-13-29-14-11-21/h2-11,13-14,26-27H,12,15-20H2,1H3. The molecule has 2 atom stereocenters. The van der Waals surface area contributed by atoms with Crippen molar-refractivity contribution >= 4 is 5.78 Å². The molecule has 0 N–H and O–H groups in total. The van der Waals surface area contributed by atoms with Crippen molar-refractivity contribution in [3.8, 4) is 5.75 Å². The first-order valence-electron chi connectivity index (χ1n) is 12.0. The number of methoxy groups -OCH3 is 1. The smallest absolute Gasteiger partial charge is 0.193 e. The average molecular weight is 458 g/mol. The van der Waals surface area contributed by atoms with Crippen molar-refractivity contribution < 1.29 is 14.3 Å². The second kappa shape index (κ2) is 10.5. The van der Waals surface area contributed by atoms with E-state index in [1.54, 1.807) is 7.11 Å². The summed E-state index contributed by atoms with van der Waals surface area (Å²) in [5.74, 6) is 0.788. The van der Waals surface area contributed by atoms with Crippen molar-refractivity contribution in [2.45, 2.75) is 18.6 Å². The molecule has 5 rings (SSSR count). The van der Waals surface area contributed by atoms with E-state index >= 15 is 0 Å². The fourth-order valence-corrected chi connectivity index (χ4v) is 4.83. The average Bonchev–Trinajstić information content (AvgIpc) is 3.74. The Kier molecular flexibility index (Phi) is 7.00. The van der Waals surface area contributed by atoms with Gasteiger partial charge in [-0.05, 0) is 53.9 Å². The summed E-state index contributed by atoms with van der Waals surface area (Å²) in [6.45, 7) is 5.76. The molecule has 2 aliphatic heterocycles. The molecule has 2 aliphatic rings. The fourth-order valence-electron chi connectivity index (χ4n) is 4.83. The third-order valence-corrected chi connectivity index (χ3v) is 6.85. The van der Waals surface area contributed by atoms with Crippen LogP contribution in [0.2, 0.25) is 0 Å². The Bertz CT molecular complexity index is 1090. The molecule has 6 heteroatoms. The third kappa shape index (κ3) is 5.20. The summed E-state index contributed by atoms with van der Waals surface area (Å²) in [4.78, 5) is 22.6. The topological polar surface area (TPSA) is 58.2 Å². The van der Waals surface area contributed by atoms with Crippen LogP contribution in [0.25, 0.3) is 0 Å². The Labute approximate surface area is 201 Å². The van der Waals surface area contributed by atoms with Crippen molar-refractivity contribution in [3.05, 3.63) is 95.3 Å². The number of aromatic nitrogens is 1. The molecule has 34 heavy (non-hydrogen) atoms. The number of hydrogen-bond donors (Lipinski definition) is 0. The normalized spacial score (nSPS) is 19.5. The molecule has 2 aromatic carbocycles. The second-order valence-electron chi connectivity index (χ2n) is 8.94. The maximum atomic E-state index is 13.5. The molecule has 3 heterocycles. The molecule has 0 bridgehead atoms. The number of ketones is 1. The number of rotatable bonds is 9. The summed E-state index contributed by atoms with van der Waals surface area (Å²) >= 11 is 0. The number of nitrogens with zero attached hydrogens (tertiary/aromatic N) is 3. The Balaban J connectivity index is 1.29. The van der Waals surface area contributed by atoms with Gasteiger partial charge in [-0.2, -0.15) is 0 Å². The fraction of sp³-hybridized carbons (Fsp3) is 0.357. The van der Waals surface area contributed by atoms with Crippen LogP contribution in [-0.4, -0.2) is 73.1 Å². The number of epoxide rings is 1. The lowest BCUT2D eigenvalue weighted by atomic mass is 9.91. The first kappa shape index (κ1) is 22.7. The quantitative estimate of drug-likeness (QED) is 0.361. The van der Waals surface area contributed by atoms with Gasteiger partial charge in [0.1, 0.15) is 11.9 Å². The van der Waals surface area contributed by atoms with Crippen LogP contribution < -0.4 is 4.74 Å². The van der Waals surface area contributed by atoms with E-state index in [0.29, 0.717) is 5.56 Å². The molecule has 0 spiro atoms. The van der Waals surface area contributed by atoms with Gasteiger partial charge in [-0.3, -0.25) is 14.7 Å². The number of pyridine rings is 1. The molecule has 2 unspecified atom stereocenters. The highest BCUT2D eigenvalue weighted by Crippen LogP contribution is 2.36. The third-order valence-electron chi connectivity index (χ3n) is 6.85. The van der Waals surface area contributed by atoms with Crippen LogP contribution in [0.4, 0.5) is 0 Å². The van der Waals surface area contributed by atoms with E-state index in [1.807, 2.05) is 54.9 Å². The Hall–Kier alpha value is -3.06. The van der Waals surface area contributed by atoms with Gasteiger partial charge in [-0.1, -0.05) is 24.3 Å². The first-order chi connectivity index (χ1) is 16.7. The van der Waals surface area contributed by atoms with E-state index in [0.717, 1.165) is 62.6 Å². The Morgan fingerprint density at radius 3 is 2.41 bits per heavy atom. The van der Waals surface area contributed by atoms with Gasteiger partial charge < -0.3 is 14.4 Å². The van der Waals surface area contributed by atoms with Crippen LogP contribution in [0.3, 0.4) is 0 Å². The Morgan fingerprint density at radius 1 is 1.03 bits per heavy atom. The number of carbonyl (C=O) groups excluding carboxylic acids is 1. The number of piperazine rings is 1. The van der Waals surface area contributed by atoms with Crippen LogP contribution in [0.1, 0.15) is 33.1 Å². The van der Waals surface area contributed by atoms with E-state index in [-0.39, 0.29) is 17.9 Å². The Morgan fingerprint density at radius 2 is 1.74 bits per heavy atom. The molecule has 0 aliphatic carbocycles. The molecule has 2 saturated heterocycles. The number of carbonyl (C=O) groups is 1. The molecule has 0 radical (unpaired) electrons. The zero-order chi connectivity index (χ0) is 23.3. The van der Waals surface area contributed by atoms with Crippen molar-refractivity contribution in [2.24, 2.45) is 0 Å². The molecular weight excluding hydrogens is 426 g/mol. The maximum absolute atomic E-state index is 13.5. The van der Waals surface area contributed by atoms with E-state index in [2.05, 4.69) is 33.0 Å². The van der Waals surface area contributed by atoms with Gasteiger partial charge in [-0.25, -0.2) is 0 Å². The summed E-state index contributed by atoms with van der Waals surface area (Å²) in [6.07, 6.45) is 4.90. The van der Waals surface area contributed by atoms with Crippen LogP contribution in [0.15, 0.2) is 73.1 Å². The second-order valence-corrected chi connectivity index (χ2v) is 8.94. The first-order valence-corrected chi connectivity index (χ1v) is 12.0. The molecule has 2 fully saturated rings. The van der Waals surface area contributed by atoms with Gasteiger partial charge in [0, 0.05) is 56.2 Å². The number of ether oxygens (including phenoxy) is 2. The van der Waals surface area contributed by atoms with E-state index in [1.165, 1.54) is 5.56 Å². The molecule has 0 amide bonds. The number of hydrogen-bond acceptors (Lipinski definition) is 6. The van der Waals surface area contributed by atoms with Crippen LogP contribution in [0.5, 0.6) is 5.75 Å². The van der Waals surface area contributed by atoms with Gasteiger partial charge in [0.15, 0.2) is 5.78 Å². The lowest BCUT2D eigenvalue weighted by Gasteiger charge is -2.39. The summed E-state index contributed by atoms with van der Waals surface area (Å²) in [5, 5.41) is 0. The highest BCUT2D eigenvalue weighted by Gasteiger charge is 2.40. The minimum Gasteiger partial charge on any atom is -0.497 e. The predicted octanol–water partition coefficient (Wildman–Crippen LogP) is 3.62. The van der Waals surface area contributed by atoms with E-state index in [9.17, 15) is 4.79 Å². The number of benzene rings is 2. The predicted molar refractivity (Wildman–Crippen MR) is 131 cm³/mol. The van der Waals surface area contributed by atoms with Gasteiger partial charge in [0.05, 0.1) is 19.8 Å². The van der Waals surface area contributed by atoms with Crippen molar-refractivity contribution in [1.29, 1.82) is 0 Å². The van der Waals surface area contributed by atoms with Crippen molar-refractivity contribution in [1.82, 2.24) is 14.8 Å². The summed E-state index contributed by atoms with van der Waals surface area (Å²) < 4.78 is 11.0. The summed E-state index contributed by atoms with van der Waals surface area (Å²) in [6, 6.07) is 19.6. The molecule has 176 valence electrons. The lowest BCUT2D eigenvalue weighted by molar-refractivity contribution is 0.0815. The zero-order valence-corrected chi connectivity index (χ0v) is 19.6. The van der Waals surface area contributed by atoms with Gasteiger partial charge in [-0.15, -0.1) is 0 Å². The van der Waals surface area contributed by atoms with E-state index < -0.39 is 0 Å². The molecule has 3 aromatic rings. The SMILES string of the molecule is COc1ccc(C(=O)c2ccccc2C(C2CO2)N2CCN(CCc3ccncc3)CC2)cc1. The largest absolute Gasteiger partial charge is 0.497 e. The van der Waals surface area contributed by atoms with Gasteiger partial charge >= 0.3 is 0 Å². The van der Waals surface area contributed by atoms with Gasteiger partial charge in [0.2, 0.25) is 0 Å². The molecule has 6 nitrogen and oxygen atoms in total. The van der Waals surface area contributed by atoms with Crippen LogP contribution in [-0.2, 0) is 11.2 Å². The van der Waals surface area contributed by atoms with Crippen molar-refractivity contribution in [2.75, 3.05) is 46.4 Å². The zero-order valence-electron chi connectivity index (χ0n) is 19.6. The molecule has 1 aromatic heterocycles. The molecular formula is C28H31N3O3. The maximum Gasteiger partial charge on any atom is 0.193 e. The van der Waals surface area contributed by atoms with Crippen LogP contribution in [0, 0.1) is 0 Å². The highest BCUT2D eigenvalue weighted by atomic mass is 16.6. The minimum atomic E-state index is 0.0416. The highest BCUT2D eigenvalue weighted by molar-refractivity contribution is 6.10. The minimum absolute atomic E-state index is 0.0416. The van der Waals surface area contributed by atoms with Gasteiger partial charge in [0.25, 0.3) is 0 Å².